The summed E-state index contributed by atoms with van der Waals surface area (Å²) in [5, 5.41) is 7.53. The van der Waals surface area contributed by atoms with Gasteiger partial charge in [-0.15, -0.1) is 11.3 Å². The number of amides is 2. The minimum absolute atomic E-state index is 0.00227. The molecule has 2 aromatic rings. The Bertz CT molecular complexity index is 771. The molecule has 0 saturated heterocycles. The number of nitrogens with one attached hydrogen (secondary N) is 2. The van der Waals surface area contributed by atoms with E-state index in [0.29, 0.717) is 24.4 Å². The number of carbonyl (C=O) groups excluding carboxylic acids is 3. The van der Waals surface area contributed by atoms with Crippen LogP contribution in [0.15, 0.2) is 41.8 Å². The molecule has 0 aliphatic heterocycles. The van der Waals surface area contributed by atoms with Crippen LogP contribution in [0, 0.1) is 6.92 Å². The highest BCUT2D eigenvalue weighted by molar-refractivity contribution is 7.12. The fourth-order valence-corrected chi connectivity index (χ4v) is 3.34. The van der Waals surface area contributed by atoms with E-state index in [1.54, 1.807) is 6.07 Å². The molecule has 1 atom stereocenters. The molecule has 0 saturated carbocycles. The first-order valence-corrected chi connectivity index (χ1v) is 10.0. The predicted molar refractivity (Wildman–Crippen MR) is 108 cm³/mol. The summed E-state index contributed by atoms with van der Waals surface area (Å²) in [7, 11) is 0. The molecule has 0 aliphatic rings. The number of aryl methyl sites for hydroxylation is 1. The molecule has 2 N–H and O–H groups in total. The minimum atomic E-state index is -0.206. The van der Waals surface area contributed by atoms with Crippen LogP contribution in [0.4, 0.5) is 0 Å². The van der Waals surface area contributed by atoms with E-state index < -0.39 is 0 Å². The molecular weight excluding hydrogens is 360 g/mol. The lowest BCUT2D eigenvalue weighted by Crippen LogP contribution is -2.32. The number of hydrogen-bond acceptors (Lipinski definition) is 4. The Labute approximate surface area is 164 Å². The zero-order valence-electron chi connectivity index (χ0n) is 15.8. The van der Waals surface area contributed by atoms with Crippen molar-refractivity contribution in [3.05, 3.63) is 57.8 Å². The second-order valence-corrected chi connectivity index (χ2v) is 7.48. The SMILES string of the molecule is Cc1cccc(C(C)C(=O)NCCCNC(=O)CCC(=O)c2cccs2)c1. The molecule has 0 bridgehead atoms. The first kappa shape index (κ1) is 20.8. The molecule has 0 fully saturated rings. The standard InChI is InChI=1S/C21H26N2O3S/c1-15-6-3-7-17(14-15)16(2)21(26)23-12-5-11-22-20(25)10-9-18(24)19-8-4-13-27-19/h3-4,6-8,13-14,16H,5,9-12H2,1-2H3,(H,22,25)(H,23,26). The quantitative estimate of drug-likeness (QED) is 0.485. The summed E-state index contributed by atoms with van der Waals surface area (Å²) in [6.07, 6.45) is 1.06. The van der Waals surface area contributed by atoms with E-state index in [-0.39, 0.29) is 36.4 Å². The van der Waals surface area contributed by atoms with E-state index >= 15 is 0 Å². The number of carbonyl (C=O) groups is 3. The van der Waals surface area contributed by atoms with Crippen LogP contribution in [0.5, 0.6) is 0 Å². The Morgan fingerprint density at radius 2 is 1.81 bits per heavy atom. The summed E-state index contributed by atoms with van der Waals surface area (Å²) in [6.45, 7) is 4.87. The van der Waals surface area contributed by atoms with Gasteiger partial charge in [-0.05, 0) is 37.3 Å². The predicted octanol–water partition coefficient (Wildman–Crippen LogP) is 3.45. The van der Waals surface area contributed by atoms with Gasteiger partial charge in [0.25, 0.3) is 0 Å². The van der Waals surface area contributed by atoms with Crippen molar-refractivity contribution in [3.8, 4) is 0 Å². The summed E-state index contributed by atoms with van der Waals surface area (Å²) in [6, 6.07) is 11.5. The van der Waals surface area contributed by atoms with Crippen LogP contribution in [-0.2, 0) is 9.59 Å². The Kier molecular flexibility index (Phi) is 8.20. The lowest BCUT2D eigenvalue weighted by atomic mass is 9.98. The van der Waals surface area contributed by atoms with Crippen LogP contribution in [0.2, 0.25) is 0 Å². The number of rotatable bonds is 10. The molecule has 1 heterocycles. The van der Waals surface area contributed by atoms with E-state index in [1.165, 1.54) is 11.3 Å². The van der Waals surface area contributed by atoms with Gasteiger partial charge in [-0.3, -0.25) is 14.4 Å². The van der Waals surface area contributed by atoms with E-state index in [0.717, 1.165) is 11.1 Å². The Morgan fingerprint density at radius 1 is 1.04 bits per heavy atom. The average molecular weight is 387 g/mol. The summed E-state index contributed by atoms with van der Waals surface area (Å²) >= 11 is 1.39. The summed E-state index contributed by atoms with van der Waals surface area (Å²) in [4.78, 5) is 36.5. The van der Waals surface area contributed by atoms with Crippen molar-refractivity contribution in [1.82, 2.24) is 10.6 Å². The van der Waals surface area contributed by atoms with Crippen molar-refractivity contribution in [2.45, 2.75) is 39.0 Å². The molecule has 2 amide bonds. The fraction of sp³-hybridized carbons (Fsp3) is 0.381. The summed E-state index contributed by atoms with van der Waals surface area (Å²) < 4.78 is 0. The Balaban J connectivity index is 1.59. The zero-order chi connectivity index (χ0) is 19.6. The van der Waals surface area contributed by atoms with Gasteiger partial charge >= 0.3 is 0 Å². The third kappa shape index (κ3) is 6.98. The van der Waals surface area contributed by atoms with E-state index in [4.69, 9.17) is 0 Å². The largest absolute Gasteiger partial charge is 0.356 e. The van der Waals surface area contributed by atoms with Crippen molar-refractivity contribution in [2.75, 3.05) is 13.1 Å². The molecule has 1 aromatic carbocycles. The highest BCUT2D eigenvalue weighted by atomic mass is 32.1. The first-order chi connectivity index (χ1) is 13.0. The van der Waals surface area contributed by atoms with Crippen LogP contribution in [0.3, 0.4) is 0 Å². The number of hydrogen-bond donors (Lipinski definition) is 2. The second-order valence-electron chi connectivity index (χ2n) is 6.53. The van der Waals surface area contributed by atoms with Gasteiger partial charge < -0.3 is 10.6 Å². The monoisotopic (exact) mass is 386 g/mol. The first-order valence-electron chi connectivity index (χ1n) is 9.15. The van der Waals surface area contributed by atoms with Gasteiger partial charge in [0.2, 0.25) is 11.8 Å². The second kappa shape index (κ2) is 10.6. The maximum atomic E-state index is 12.2. The van der Waals surface area contributed by atoms with Crippen LogP contribution in [0.25, 0.3) is 0 Å². The van der Waals surface area contributed by atoms with Gasteiger partial charge in [0.15, 0.2) is 5.78 Å². The number of Topliss-reactive ketones (excluding diaryl/α,β-unsaturated/α-hetero) is 1. The van der Waals surface area contributed by atoms with Crippen LogP contribution in [-0.4, -0.2) is 30.7 Å². The fourth-order valence-electron chi connectivity index (χ4n) is 2.65. The average Bonchev–Trinajstić information content (AvgIpc) is 3.20. The molecule has 5 nitrogen and oxygen atoms in total. The third-order valence-corrected chi connectivity index (χ3v) is 5.20. The summed E-state index contributed by atoms with van der Waals surface area (Å²) in [5.41, 5.74) is 2.13. The molecule has 1 aromatic heterocycles. The number of ketones is 1. The topological polar surface area (TPSA) is 75.3 Å². The van der Waals surface area contributed by atoms with Crippen LogP contribution >= 0.6 is 11.3 Å². The number of thiophene rings is 1. The maximum absolute atomic E-state index is 12.2. The molecule has 0 radical (unpaired) electrons. The highest BCUT2D eigenvalue weighted by Crippen LogP contribution is 2.16. The van der Waals surface area contributed by atoms with Gasteiger partial charge in [0.1, 0.15) is 0 Å². The number of benzene rings is 1. The van der Waals surface area contributed by atoms with Crippen LogP contribution in [0.1, 0.15) is 52.9 Å². The molecule has 2 rings (SSSR count). The molecule has 27 heavy (non-hydrogen) atoms. The van der Waals surface area contributed by atoms with Crippen molar-refractivity contribution < 1.29 is 14.4 Å². The Hall–Kier alpha value is -2.47. The van der Waals surface area contributed by atoms with E-state index in [1.807, 2.05) is 49.6 Å². The van der Waals surface area contributed by atoms with Gasteiger partial charge in [-0.2, -0.15) is 0 Å². The van der Waals surface area contributed by atoms with Crippen molar-refractivity contribution in [3.63, 3.8) is 0 Å². The third-order valence-electron chi connectivity index (χ3n) is 4.29. The van der Waals surface area contributed by atoms with Gasteiger partial charge in [-0.1, -0.05) is 35.9 Å². The van der Waals surface area contributed by atoms with Crippen molar-refractivity contribution in [1.29, 1.82) is 0 Å². The van der Waals surface area contributed by atoms with Crippen molar-refractivity contribution in [2.24, 2.45) is 0 Å². The van der Waals surface area contributed by atoms with Gasteiger partial charge in [-0.25, -0.2) is 0 Å². The van der Waals surface area contributed by atoms with Gasteiger partial charge in [0, 0.05) is 25.9 Å². The van der Waals surface area contributed by atoms with Crippen molar-refractivity contribution >= 4 is 28.9 Å². The highest BCUT2D eigenvalue weighted by Gasteiger charge is 2.14. The van der Waals surface area contributed by atoms with E-state index in [9.17, 15) is 14.4 Å². The molecule has 0 aliphatic carbocycles. The maximum Gasteiger partial charge on any atom is 0.227 e. The molecule has 144 valence electrons. The summed E-state index contributed by atoms with van der Waals surface area (Å²) in [5.74, 6) is -0.367. The van der Waals surface area contributed by atoms with Crippen LogP contribution < -0.4 is 10.6 Å². The molecular formula is C21H26N2O3S. The normalized spacial score (nSPS) is 11.6. The van der Waals surface area contributed by atoms with E-state index in [2.05, 4.69) is 10.6 Å². The molecule has 0 spiro atoms. The molecule has 6 heteroatoms. The molecule has 1 unspecified atom stereocenters. The lowest BCUT2D eigenvalue weighted by Gasteiger charge is -2.13. The van der Waals surface area contributed by atoms with Gasteiger partial charge in [0.05, 0.1) is 10.8 Å². The Morgan fingerprint density at radius 3 is 2.52 bits per heavy atom. The smallest absolute Gasteiger partial charge is 0.227 e. The zero-order valence-corrected chi connectivity index (χ0v) is 16.6. The lowest BCUT2D eigenvalue weighted by molar-refractivity contribution is -0.122. The minimum Gasteiger partial charge on any atom is -0.356 e.